The summed E-state index contributed by atoms with van der Waals surface area (Å²) in [6.07, 6.45) is 1.21. The lowest BCUT2D eigenvalue weighted by atomic mass is 10.3. The predicted octanol–water partition coefficient (Wildman–Crippen LogP) is 0.862. The van der Waals surface area contributed by atoms with E-state index < -0.39 is 5.91 Å². The second-order valence-corrected chi connectivity index (χ2v) is 5.73. The summed E-state index contributed by atoms with van der Waals surface area (Å²) in [5, 5.41) is 7.16. The molecule has 2 heterocycles. The van der Waals surface area contributed by atoms with Crippen molar-refractivity contribution in [2.75, 3.05) is 32.8 Å². The maximum atomic E-state index is 12.1. The Hall–Kier alpha value is -1.87. The van der Waals surface area contributed by atoms with Gasteiger partial charge in [-0.3, -0.25) is 14.8 Å². The number of rotatable bonds is 2. The van der Waals surface area contributed by atoms with E-state index in [1.165, 1.54) is 10.9 Å². The molecule has 8 nitrogen and oxygen atoms in total. The molecule has 126 valence electrons. The van der Waals surface area contributed by atoms with E-state index in [1.54, 1.807) is 18.9 Å². The Bertz CT molecular complexity index is 613. The van der Waals surface area contributed by atoms with Crippen molar-refractivity contribution in [3.8, 4) is 0 Å². The van der Waals surface area contributed by atoms with E-state index in [0.717, 1.165) is 0 Å². The molecule has 0 bridgehead atoms. The number of thiocarbonyl (C=S) groups is 1. The van der Waals surface area contributed by atoms with E-state index in [4.69, 9.17) is 28.6 Å². The van der Waals surface area contributed by atoms with Crippen molar-refractivity contribution in [3.63, 3.8) is 0 Å². The highest BCUT2D eigenvalue weighted by Gasteiger charge is 2.25. The summed E-state index contributed by atoms with van der Waals surface area (Å²) in [4.78, 5) is 27.2. The average Bonchev–Trinajstić information content (AvgIpc) is 2.86. The van der Waals surface area contributed by atoms with Gasteiger partial charge < -0.3 is 14.5 Å². The van der Waals surface area contributed by atoms with E-state index in [2.05, 4.69) is 10.4 Å². The van der Waals surface area contributed by atoms with Crippen LogP contribution < -0.4 is 5.32 Å². The van der Waals surface area contributed by atoms with Crippen LogP contribution in [0.15, 0.2) is 6.20 Å². The number of amides is 2. The molecule has 1 saturated heterocycles. The van der Waals surface area contributed by atoms with Gasteiger partial charge in [0, 0.05) is 39.4 Å². The van der Waals surface area contributed by atoms with Gasteiger partial charge in [-0.05, 0) is 19.1 Å². The van der Waals surface area contributed by atoms with Crippen LogP contribution in [-0.4, -0.2) is 69.5 Å². The molecule has 2 rings (SSSR count). The number of aromatic nitrogens is 2. The van der Waals surface area contributed by atoms with Gasteiger partial charge in [-0.1, -0.05) is 11.6 Å². The van der Waals surface area contributed by atoms with Crippen molar-refractivity contribution >= 4 is 40.9 Å². The number of hydrogen-bond donors (Lipinski definition) is 1. The fourth-order valence-electron chi connectivity index (χ4n) is 2.16. The fourth-order valence-corrected chi connectivity index (χ4v) is 2.70. The Labute approximate surface area is 144 Å². The summed E-state index contributed by atoms with van der Waals surface area (Å²) in [5.74, 6) is -0.451. The largest absolute Gasteiger partial charge is 0.450 e. The molecule has 0 radical (unpaired) electrons. The SMILES string of the molecule is CCOC(=O)N1CCN(C(=S)NC(=O)c2nn(C)cc2Cl)CC1. The first-order valence-electron chi connectivity index (χ1n) is 7.13. The van der Waals surface area contributed by atoms with Gasteiger partial charge in [0.05, 0.1) is 11.6 Å². The normalized spacial score (nSPS) is 14.6. The first-order valence-corrected chi connectivity index (χ1v) is 7.92. The summed E-state index contributed by atoms with van der Waals surface area (Å²) < 4.78 is 6.41. The van der Waals surface area contributed by atoms with Gasteiger partial charge in [0.1, 0.15) is 0 Å². The Morgan fingerprint density at radius 2 is 1.96 bits per heavy atom. The highest BCUT2D eigenvalue weighted by Crippen LogP contribution is 2.13. The molecule has 0 spiro atoms. The summed E-state index contributed by atoms with van der Waals surface area (Å²) in [7, 11) is 1.68. The number of aryl methyl sites for hydroxylation is 1. The Balaban J connectivity index is 1.87. The van der Waals surface area contributed by atoms with Crippen LogP contribution in [0.3, 0.4) is 0 Å². The smallest absolute Gasteiger partial charge is 0.409 e. The van der Waals surface area contributed by atoms with Crippen molar-refractivity contribution in [2.24, 2.45) is 7.05 Å². The lowest BCUT2D eigenvalue weighted by Crippen LogP contribution is -2.54. The molecule has 0 aromatic carbocycles. The number of piperazine rings is 1. The molecule has 23 heavy (non-hydrogen) atoms. The number of carbonyl (C=O) groups excluding carboxylic acids is 2. The third kappa shape index (κ3) is 4.32. The topological polar surface area (TPSA) is 79.7 Å². The zero-order chi connectivity index (χ0) is 17.0. The number of hydrogen-bond acceptors (Lipinski definition) is 5. The highest BCUT2D eigenvalue weighted by atomic mass is 35.5. The third-order valence-corrected chi connectivity index (χ3v) is 3.95. The van der Waals surface area contributed by atoms with Crippen LogP contribution in [0.4, 0.5) is 4.79 Å². The molecule has 10 heteroatoms. The van der Waals surface area contributed by atoms with Crippen LogP contribution in [0, 0.1) is 0 Å². The maximum absolute atomic E-state index is 12.1. The van der Waals surface area contributed by atoms with E-state index in [0.29, 0.717) is 37.9 Å². The maximum Gasteiger partial charge on any atom is 0.409 e. The number of nitrogens with one attached hydrogen (secondary N) is 1. The fraction of sp³-hybridized carbons (Fsp3) is 0.538. The Morgan fingerprint density at radius 1 is 1.35 bits per heavy atom. The number of nitrogens with zero attached hydrogens (tertiary/aromatic N) is 4. The van der Waals surface area contributed by atoms with Gasteiger partial charge >= 0.3 is 6.09 Å². The molecule has 1 N–H and O–H groups in total. The van der Waals surface area contributed by atoms with Gasteiger partial charge in [-0.25, -0.2) is 4.79 Å². The van der Waals surface area contributed by atoms with Gasteiger partial charge in [0.25, 0.3) is 5.91 Å². The summed E-state index contributed by atoms with van der Waals surface area (Å²) in [5.41, 5.74) is 0.127. The minimum atomic E-state index is -0.451. The zero-order valence-corrected chi connectivity index (χ0v) is 14.5. The molecule has 2 amide bonds. The molecule has 1 aliphatic rings. The lowest BCUT2D eigenvalue weighted by molar-refractivity contribution is 0.0895. The van der Waals surface area contributed by atoms with Crippen molar-refractivity contribution in [1.29, 1.82) is 0 Å². The molecule has 1 fully saturated rings. The minimum Gasteiger partial charge on any atom is -0.450 e. The van der Waals surface area contributed by atoms with Crippen LogP contribution in [0.25, 0.3) is 0 Å². The summed E-state index contributed by atoms with van der Waals surface area (Å²) >= 11 is 11.2. The van der Waals surface area contributed by atoms with Crippen LogP contribution in [0.2, 0.25) is 5.02 Å². The quantitative estimate of drug-likeness (QED) is 0.789. The number of ether oxygens (including phenoxy) is 1. The molecule has 1 aromatic heterocycles. The molecular formula is C13H18ClN5O3S. The summed E-state index contributed by atoms with van der Waals surface area (Å²) in [6, 6.07) is 0. The Kier molecular flexibility index (Phi) is 5.78. The summed E-state index contributed by atoms with van der Waals surface area (Å²) in [6.45, 7) is 4.13. The van der Waals surface area contributed by atoms with Crippen molar-refractivity contribution < 1.29 is 14.3 Å². The van der Waals surface area contributed by atoms with E-state index >= 15 is 0 Å². The Morgan fingerprint density at radius 3 is 2.48 bits per heavy atom. The first-order chi connectivity index (χ1) is 10.9. The minimum absolute atomic E-state index is 0.127. The molecule has 1 aromatic rings. The van der Waals surface area contributed by atoms with Crippen molar-refractivity contribution in [3.05, 3.63) is 16.9 Å². The van der Waals surface area contributed by atoms with E-state index in [1.807, 2.05) is 4.90 Å². The van der Waals surface area contributed by atoms with Gasteiger partial charge in [0.2, 0.25) is 0 Å². The van der Waals surface area contributed by atoms with Crippen molar-refractivity contribution in [2.45, 2.75) is 6.92 Å². The molecule has 0 aliphatic carbocycles. The molecule has 0 saturated carbocycles. The van der Waals surface area contributed by atoms with Crippen molar-refractivity contribution in [1.82, 2.24) is 24.9 Å². The number of carbonyl (C=O) groups is 2. The predicted molar refractivity (Wildman–Crippen MR) is 88.5 cm³/mol. The monoisotopic (exact) mass is 359 g/mol. The number of halogens is 1. The third-order valence-electron chi connectivity index (χ3n) is 3.31. The van der Waals surface area contributed by atoms with E-state index in [9.17, 15) is 9.59 Å². The molecular weight excluding hydrogens is 342 g/mol. The van der Waals surface area contributed by atoms with Crippen LogP contribution >= 0.6 is 23.8 Å². The standard InChI is InChI=1S/C13H18ClN5O3S/c1-3-22-13(21)19-6-4-18(5-7-19)12(23)15-11(20)10-9(14)8-17(2)16-10/h8H,3-7H2,1-2H3,(H,15,20,23). The lowest BCUT2D eigenvalue weighted by Gasteiger charge is -2.35. The van der Waals surface area contributed by atoms with Gasteiger partial charge in [0.15, 0.2) is 10.8 Å². The molecule has 0 unspecified atom stereocenters. The van der Waals surface area contributed by atoms with Crippen LogP contribution in [-0.2, 0) is 11.8 Å². The van der Waals surface area contributed by atoms with Gasteiger partial charge in [-0.15, -0.1) is 0 Å². The average molecular weight is 360 g/mol. The second-order valence-electron chi connectivity index (χ2n) is 4.93. The zero-order valence-electron chi connectivity index (χ0n) is 12.9. The molecule has 1 aliphatic heterocycles. The highest BCUT2D eigenvalue weighted by molar-refractivity contribution is 7.80. The van der Waals surface area contributed by atoms with E-state index in [-0.39, 0.29) is 16.8 Å². The second kappa shape index (κ2) is 7.60. The van der Waals surface area contributed by atoms with Crippen LogP contribution in [0.5, 0.6) is 0 Å². The first kappa shape index (κ1) is 17.5. The van der Waals surface area contributed by atoms with Crippen LogP contribution in [0.1, 0.15) is 17.4 Å². The molecule has 0 atom stereocenters. The van der Waals surface area contributed by atoms with Gasteiger partial charge in [-0.2, -0.15) is 5.10 Å².